The van der Waals surface area contributed by atoms with E-state index in [-0.39, 0.29) is 12.0 Å². The summed E-state index contributed by atoms with van der Waals surface area (Å²) in [7, 11) is 1.77. The molecule has 0 radical (unpaired) electrons. The Bertz CT molecular complexity index is 1190. The number of nitrogens with zero attached hydrogens (tertiary/aromatic N) is 5. The Labute approximate surface area is 179 Å². The standard InChI is InChI=1S/C23H20N6O2/c1-28-14-19(16-5-3-2-4-6-16)31-22-18(23(28)30)8-9-20(27-22)26-17-7-10-21(25-13-17)29-12-11-24-15-29/h2-13,15,19H,14H2,1H3,(H,26,27). The molecule has 0 aliphatic carbocycles. The van der Waals surface area contributed by atoms with Crippen molar-refractivity contribution < 1.29 is 9.53 Å². The zero-order valence-electron chi connectivity index (χ0n) is 16.8. The molecule has 0 saturated heterocycles. The van der Waals surface area contributed by atoms with E-state index in [1.165, 1.54) is 0 Å². The second kappa shape index (κ2) is 7.91. The average Bonchev–Trinajstić information content (AvgIpc) is 3.31. The van der Waals surface area contributed by atoms with Gasteiger partial charge in [-0.05, 0) is 29.8 Å². The van der Waals surface area contributed by atoms with Gasteiger partial charge in [-0.15, -0.1) is 0 Å². The summed E-state index contributed by atoms with van der Waals surface area (Å²) in [4.78, 5) is 27.5. The number of ether oxygens (including phenoxy) is 1. The van der Waals surface area contributed by atoms with Crippen LogP contribution in [0.1, 0.15) is 22.0 Å². The highest BCUT2D eigenvalue weighted by Gasteiger charge is 2.29. The Hall–Kier alpha value is -4.20. The Balaban J connectivity index is 1.41. The van der Waals surface area contributed by atoms with Gasteiger partial charge in [-0.1, -0.05) is 30.3 Å². The first-order valence-corrected chi connectivity index (χ1v) is 9.87. The molecular weight excluding hydrogens is 392 g/mol. The molecule has 1 aliphatic heterocycles. The summed E-state index contributed by atoms with van der Waals surface area (Å²) < 4.78 is 8.01. The van der Waals surface area contributed by atoms with Crippen LogP contribution in [0.2, 0.25) is 0 Å². The van der Waals surface area contributed by atoms with Crippen LogP contribution >= 0.6 is 0 Å². The molecule has 1 atom stereocenters. The molecular formula is C23H20N6O2. The van der Waals surface area contributed by atoms with Crippen molar-refractivity contribution in [2.24, 2.45) is 0 Å². The fourth-order valence-corrected chi connectivity index (χ4v) is 3.47. The van der Waals surface area contributed by atoms with Crippen molar-refractivity contribution in [2.45, 2.75) is 6.10 Å². The normalized spacial score (nSPS) is 15.7. The van der Waals surface area contributed by atoms with Gasteiger partial charge in [0.25, 0.3) is 5.91 Å². The number of amides is 1. The Kier molecular flexibility index (Phi) is 4.80. The minimum absolute atomic E-state index is 0.112. The number of hydrogen-bond donors (Lipinski definition) is 1. The molecule has 8 nitrogen and oxygen atoms in total. The van der Waals surface area contributed by atoms with Gasteiger partial charge in [0.15, 0.2) is 0 Å². The first-order valence-electron chi connectivity index (χ1n) is 9.87. The van der Waals surface area contributed by atoms with Crippen LogP contribution < -0.4 is 10.1 Å². The number of carbonyl (C=O) groups excluding carboxylic acids is 1. The third-order valence-corrected chi connectivity index (χ3v) is 5.09. The summed E-state index contributed by atoms with van der Waals surface area (Å²) in [6, 6.07) is 17.1. The van der Waals surface area contributed by atoms with E-state index in [0.717, 1.165) is 17.1 Å². The van der Waals surface area contributed by atoms with Gasteiger partial charge in [0, 0.05) is 19.4 Å². The lowest BCUT2D eigenvalue weighted by Crippen LogP contribution is -2.29. The molecule has 1 aromatic carbocycles. The minimum atomic E-state index is -0.296. The number of carbonyl (C=O) groups is 1. The molecule has 4 heterocycles. The van der Waals surface area contributed by atoms with Gasteiger partial charge in [0.05, 0.1) is 18.4 Å². The molecule has 5 rings (SSSR count). The molecule has 1 N–H and O–H groups in total. The van der Waals surface area contributed by atoms with Crippen LogP contribution in [0.15, 0.2) is 79.5 Å². The van der Waals surface area contributed by atoms with E-state index in [4.69, 9.17) is 4.74 Å². The van der Waals surface area contributed by atoms with Gasteiger partial charge in [-0.3, -0.25) is 9.36 Å². The number of rotatable bonds is 4. The molecule has 8 heteroatoms. The second-order valence-corrected chi connectivity index (χ2v) is 7.25. The van der Waals surface area contributed by atoms with Gasteiger partial charge < -0.3 is 15.0 Å². The van der Waals surface area contributed by atoms with Crippen LogP contribution in [0.4, 0.5) is 11.5 Å². The van der Waals surface area contributed by atoms with E-state index in [2.05, 4.69) is 20.3 Å². The topological polar surface area (TPSA) is 85.2 Å². The van der Waals surface area contributed by atoms with Crippen LogP contribution in [0.3, 0.4) is 0 Å². The second-order valence-electron chi connectivity index (χ2n) is 7.25. The van der Waals surface area contributed by atoms with Crippen LogP contribution in [0.5, 0.6) is 5.88 Å². The van der Waals surface area contributed by atoms with E-state index < -0.39 is 0 Å². The molecule has 0 bridgehead atoms. The molecule has 0 spiro atoms. The number of nitrogens with one attached hydrogen (secondary N) is 1. The number of hydrogen-bond acceptors (Lipinski definition) is 6. The maximum absolute atomic E-state index is 12.8. The van der Waals surface area contributed by atoms with Crippen LogP contribution in [-0.2, 0) is 0 Å². The van der Waals surface area contributed by atoms with Gasteiger partial charge in [0.2, 0.25) is 5.88 Å². The number of pyridine rings is 2. The summed E-state index contributed by atoms with van der Waals surface area (Å²) in [6.45, 7) is 0.446. The summed E-state index contributed by atoms with van der Waals surface area (Å²) in [5.41, 5.74) is 2.21. The largest absolute Gasteiger partial charge is 0.467 e. The molecule has 1 aliphatic rings. The van der Waals surface area contributed by atoms with E-state index in [1.807, 2.05) is 53.2 Å². The van der Waals surface area contributed by atoms with E-state index in [0.29, 0.717) is 23.8 Å². The predicted molar refractivity (Wildman–Crippen MR) is 116 cm³/mol. The molecule has 0 fully saturated rings. The highest BCUT2D eigenvalue weighted by Crippen LogP contribution is 2.31. The highest BCUT2D eigenvalue weighted by atomic mass is 16.5. The lowest BCUT2D eigenvalue weighted by atomic mass is 10.1. The molecule has 4 aromatic rings. The number of anilines is 2. The van der Waals surface area contributed by atoms with Gasteiger partial charge >= 0.3 is 0 Å². The van der Waals surface area contributed by atoms with E-state index in [1.54, 1.807) is 42.8 Å². The first kappa shape index (κ1) is 18.8. The van der Waals surface area contributed by atoms with Crippen molar-refractivity contribution in [2.75, 3.05) is 18.9 Å². The van der Waals surface area contributed by atoms with Crippen molar-refractivity contribution in [3.63, 3.8) is 0 Å². The Morgan fingerprint density at radius 2 is 1.97 bits per heavy atom. The lowest BCUT2D eigenvalue weighted by Gasteiger charge is -2.20. The maximum atomic E-state index is 12.8. The van der Waals surface area contributed by atoms with Crippen LogP contribution in [-0.4, -0.2) is 43.9 Å². The number of fused-ring (bicyclic) bond motifs is 1. The summed E-state index contributed by atoms with van der Waals surface area (Å²) >= 11 is 0. The molecule has 31 heavy (non-hydrogen) atoms. The molecule has 3 aromatic heterocycles. The SMILES string of the molecule is CN1CC(c2ccccc2)Oc2nc(Nc3ccc(-n4ccnc4)nc3)ccc2C1=O. The van der Waals surface area contributed by atoms with Crippen molar-refractivity contribution in [3.05, 3.63) is 90.6 Å². The monoisotopic (exact) mass is 412 g/mol. The number of imidazole rings is 1. The van der Waals surface area contributed by atoms with Crippen molar-refractivity contribution in [1.29, 1.82) is 0 Å². The Morgan fingerprint density at radius 3 is 2.71 bits per heavy atom. The third kappa shape index (κ3) is 3.83. The molecule has 154 valence electrons. The number of aromatic nitrogens is 4. The smallest absolute Gasteiger partial charge is 0.259 e. The first-order chi connectivity index (χ1) is 15.2. The zero-order valence-corrected chi connectivity index (χ0v) is 16.8. The van der Waals surface area contributed by atoms with E-state index >= 15 is 0 Å². The van der Waals surface area contributed by atoms with Crippen LogP contribution in [0.25, 0.3) is 5.82 Å². The molecule has 0 saturated carbocycles. The van der Waals surface area contributed by atoms with Crippen molar-refractivity contribution in [1.82, 2.24) is 24.4 Å². The molecule has 1 unspecified atom stereocenters. The van der Waals surface area contributed by atoms with E-state index in [9.17, 15) is 4.79 Å². The fraction of sp³-hybridized carbons (Fsp3) is 0.130. The van der Waals surface area contributed by atoms with Gasteiger partial charge in [-0.25, -0.2) is 9.97 Å². The average molecular weight is 412 g/mol. The minimum Gasteiger partial charge on any atom is -0.467 e. The summed E-state index contributed by atoms with van der Waals surface area (Å²) in [6.07, 6.45) is 6.65. The number of likely N-dealkylation sites (N-methyl/N-ethyl adjacent to an activating group) is 1. The summed E-state index contributed by atoms with van der Waals surface area (Å²) in [5, 5.41) is 3.22. The van der Waals surface area contributed by atoms with Crippen molar-refractivity contribution >= 4 is 17.4 Å². The quantitative estimate of drug-likeness (QED) is 0.551. The molecule has 1 amide bonds. The fourth-order valence-electron chi connectivity index (χ4n) is 3.47. The Morgan fingerprint density at radius 1 is 1.10 bits per heavy atom. The van der Waals surface area contributed by atoms with Gasteiger partial charge in [0.1, 0.15) is 29.6 Å². The summed E-state index contributed by atoms with van der Waals surface area (Å²) in [5.74, 6) is 1.54. The van der Waals surface area contributed by atoms with Crippen LogP contribution in [0, 0.1) is 0 Å². The predicted octanol–water partition coefficient (Wildman–Crippen LogP) is 3.61. The zero-order chi connectivity index (χ0) is 21.2. The van der Waals surface area contributed by atoms with Crippen molar-refractivity contribution in [3.8, 4) is 11.7 Å². The maximum Gasteiger partial charge on any atom is 0.259 e. The third-order valence-electron chi connectivity index (χ3n) is 5.09. The lowest BCUT2D eigenvalue weighted by molar-refractivity contribution is 0.0760. The number of benzene rings is 1. The van der Waals surface area contributed by atoms with Gasteiger partial charge in [-0.2, -0.15) is 4.98 Å². The highest BCUT2D eigenvalue weighted by molar-refractivity contribution is 5.97.